The van der Waals surface area contributed by atoms with Crippen LogP contribution >= 0.6 is 0 Å². The number of aliphatic hydroxyl groups excluding tert-OH is 1. The van der Waals surface area contributed by atoms with Crippen LogP contribution in [0.3, 0.4) is 0 Å². The topological polar surface area (TPSA) is 91.4 Å². The number of hydrogen-bond acceptors (Lipinski definition) is 8. The fourth-order valence-electron chi connectivity index (χ4n) is 2.76. The summed E-state index contributed by atoms with van der Waals surface area (Å²) in [6.07, 6.45) is 2.73. The maximum absolute atomic E-state index is 9.63. The standard InChI is InChI=1S/C16H18N6O2/c1-11(23)14-18-6-4-13(19-14)21-7-9-22(10-8-21)16-20-15-12(24-16)3-2-5-17-15/h2-6,11,23H,7-10H2,1H3/t11-/m1/s1. The van der Waals surface area contributed by atoms with E-state index in [2.05, 4.69) is 29.7 Å². The number of rotatable bonds is 3. The van der Waals surface area contributed by atoms with Gasteiger partial charge in [-0.2, -0.15) is 4.98 Å². The average Bonchev–Trinajstić information content (AvgIpc) is 3.06. The van der Waals surface area contributed by atoms with Crippen molar-refractivity contribution in [2.45, 2.75) is 13.0 Å². The van der Waals surface area contributed by atoms with Crippen molar-refractivity contribution in [3.63, 3.8) is 0 Å². The lowest BCUT2D eigenvalue weighted by molar-refractivity contribution is 0.189. The Labute approximate surface area is 138 Å². The van der Waals surface area contributed by atoms with Gasteiger partial charge in [-0.3, -0.25) is 0 Å². The van der Waals surface area contributed by atoms with Gasteiger partial charge in [0.2, 0.25) is 5.65 Å². The molecule has 1 N–H and O–H groups in total. The van der Waals surface area contributed by atoms with Gasteiger partial charge in [0.25, 0.3) is 6.01 Å². The van der Waals surface area contributed by atoms with E-state index in [0.717, 1.165) is 32.0 Å². The van der Waals surface area contributed by atoms with E-state index >= 15 is 0 Å². The zero-order valence-corrected chi connectivity index (χ0v) is 13.3. The first-order chi connectivity index (χ1) is 11.7. The molecule has 24 heavy (non-hydrogen) atoms. The van der Waals surface area contributed by atoms with Crippen molar-refractivity contribution >= 4 is 23.1 Å². The van der Waals surface area contributed by atoms with Crippen LogP contribution in [-0.2, 0) is 0 Å². The maximum Gasteiger partial charge on any atom is 0.300 e. The third-order valence-corrected chi connectivity index (χ3v) is 4.06. The Morgan fingerprint density at radius 3 is 2.58 bits per heavy atom. The first-order valence-electron chi connectivity index (χ1n) is 7.93. The summed E-state index contributed by atoms with van der Waals surface area (Å²) in [7, 11) is 0. The predicted octanol–water partition coefficient (Wildman–Crippen LogP) is 1.39. The van der Waals surface area contributed by atoms with E-state index in [1.807, 2.05) is 18.2 Å². The van der Waals surface area contributed by atoms with Gasteiger partial charge in [0.15, 0.2) is 11.4 Å². The lowest BCUT2D eigenvalue weighted by Crippen LogP contribution is -2.47. The molecule has 0 radical (unpaired) electrons. The minimum atomic E-state index is -0.668. The molecule has 1 aliphatic rings. The van der Waals surface area contributed by atoms with Gasteiger partial charge < -0.3 is 19.3 Å². The number of aromatic nitrogens is 4. The van der Waals surface area contributed by atoms with Gasteiger partial charge >= 0.3 is 0 Å². The Hall–Kier alpha value is -2.74. The molecule has 1 fully saturated rings. The fraction of sp³-hybridized carbons (Fsp3) is 0.375. The Morgan fingerprint density at radius 2 is 1.83 bits per heavy atom. The highest BCUT2D eigenvalue weighted by atomic mass is 16.4. The second-order valence-electron chi connectivity index (χ2n) is 5.74. The van der Waals surface area contributed by atoms with E-state index in [4.69, 9.17) is 4.42 Å². The van der Waals surface area contributed by atoms with Crippen molar-refractivity contribution in [3.8, 4) is 0 Å². The van der Waals surface area contributed by atoms with Crippen LogP contribution in [0.1, 0.15) is 18.9 Å². The number of aliphatic hydroxyl groups is 1. The molecule has 1 aliphatic heterocycles. The molecule has 0 saturated carbocycles. The van der Waals surface area contributed by atoms with Crippen LogP contribution in [0.4, 0.5) is 11.8 Å². The van der Waals surface area contributed by atoms with Gasteiger partial charge in [0.1, 0.15) is 11.9 Å². The van der Waals surface area contributed by atoms with E-state index in [1.165, 1.54) is 0 Å². The van der Waals surface area contributed by atoms with Crippen molar-refractivity contribution < 1.29 is 9.52 Å². The van der Waals surface area contributed by atoms with Gasteiger partial charge in [0.05, 0.1) is 0 Å². The summed E-state index contributed by atoms with van der Waals surface area (Å²) in [5, 5.41) is 9.63. The molecule has 8 nitrogen and oxygen atoms in total. The Kier molecular flexibility index (Phi) is 3.73. The number of anilines is 2. The molecule has 3 aromatic rings. The van der Waals surface area contributed by atoms with Crippen molar-refractivity contribution in [1.82, 2.24) is 19.9 Å². The first kappa shape index (κ1) is 14.8. The second-order valence-corrected chi connectivity index (χ2v) is 5.74. The Bertz CT molecular complexity index is 808. The van der Waals surface area contributed by atoms with Gasteiger partial charge in [0, 0.05) is 38.6 Å². The average molecular weight is 326 g/mol. The van der Waals surface area contributed by atoms with E-state index in [0.29, 0.717) is 23.1 Å². The molecule has 4 rings (SSSR count). The molecule has 1 saturated heterocycles. The minimum Gasteiger partial charge on any atom is -0.422 e. The molecule has 0 unspecified atom stereocenters. The molecule has 3 aromatic heterocycles. The minimum absolute atomic E-state index is 0.444. The lowest BCUT2D eigenvalue weighted by Gasteiger charge is -2.34. The normalized spacial score (nSPS) is 16.6. The molecule has 4 heterocycles. The summed E-state index contributed by atoms with van der Waals surface area (Å²) >= 11 is 0. The monoisotopic (exact) mass is 326 g/mol. The maximum atomic E-state index is 9.63. The number of oxazole rings is 1. The molecule has 8 heteroatoms. The van der Waals surface area contributed by atoms with Crippen molar-refractivity contribution in [3.05, 3.63) is 36.4 Å². The van der Waals surface area contributed by atoms with E-state index < -0.39 is 6.10 Å². The predicted molar refractivity (Wildman–Crippen MR) is 88.9 cm³/mol. The summed E-state index contributed by atoms with van der Waals surface area (Å²) in [5.41, 5.74) is 1.33. The smallest absolute Gasteiger partial charge is 0.300 e. The van der Waals surface area contributed by atoms with Crippen molar-refractivity contribution in [2.24, 2.45) is 0 Å². The highest BCUT2D eigenvalue weighted by molar-refractivity contribution is 5.69. The molecule has 0 spiro atoms. The van der Waals surface area contributed by atoms with Crippen LogP contribution in [0, 0.1) is 0 Å². The molecule has 124 valence electrons. The summed E-state index contributed by atoms with van der Waals surface area (Å²) < 4.78 is 5.77. The summed E-state index contributed by atoms with van der Waals surface area (Å²) in [4.78, 5) is 21.4. The van der Waals surface area contributed by atoms with Gasteiger partial charge in [-0.1, -0.05) is 0 Å². The van der Waals surface area contributed by atoms with Gasteiger partial charge in [-0.15, -0.1) is 0 Å². The van der Waals surface area contributed by atoms with Crippen molar-refractivity contribution in [1.29, 1.82) is 0 Å². The lowest BCUT2D eigenvalue weighted by atomic mass is 10.3. The van der Waals surface area contributed by atoms with Crippen LogP contribution in [0.15, 0.2) is 35.0 Å². The summed E-state index contributed by atoms with van der Waals surface area (Å²) in [5.74, 6) is 1.28. The highest BCUT2D eigenvalue weighted by Crippen LogP contribution is 2.22. The van der Waals surface area contributed by atoms with Crippen LogP contribution in [0.2, 0.25) is 0 Å². The number of fused-ring (bicyclic) bond motifs is 1. The molecule has 0 aromatic carbocycles. The Morgan fingerprint density at radius 1 is 1.04 bits per heavy atom. The third kappa shape index (κ3) is 2.76. The number of nitrogens with zero attached hydrogens (tertiary/aromatic N) is 6. The third-order valence-electron chi connectivity index (χ3n) is 4.06. The van der Waals surface area contributed by atoms with Crippen LogP contribution in [-0.4, -0.2) is 51.2 Å². The molecule has 0 amide bonds. The first-order valence-corrected chi connectivity index (χ1v) is 7.93. The largest absolute Gasteiger partial charge is 0.422 e. The van der Waals surface area contributed by atoms with Gasteiger partial charge in [-0.05, 0) is 25.1 Å². The molecular formula is C16H18N6O2. The SMILES string of the molecule is C[C@@H](O)c1nccc(N2CCN(c3nc4ncccc4o3)CC2)n1. The number of piperazine rings is 1. The molecule has 0 bridgehead atoms. The highest BCUT2D eigenvalue weighted by Gasteiger charge is 2.22. The second kappa shape index (κ2) is 6.04. The van der Waals surface area contributed by atoms with E-state index in [9.17, 15) is 5.11 Å². The molecule has 0 aliphatic carbocycles. The van der Waals surface area contributed by atoms with Crippen LogP contribution in [0.25, 0.3) is 11.2 Å². The zero-order valence-electron chi connectivity index (χ0n) is 13.3. The summed E-state index contributed by atoms with van der Waals surface area (Å²) in [6.45, 7) is 4.81. The zero-order chi connectivity index (χ0) is 16.5. The summed E-state index contributed by atoms with van der Waals surface area (Å²) in [6, 6.07) is 6.18. The molecule has 1 atom stereocenters. The molecular weight excluding hydrogens is 308 g/mol. The number of pyridine rings is 1. The van der Waals surface area contributed by atoms with Gasteiger partial charge in [-0.25, -0.2) is 15.0 Å². The van der Waals surface area contributed by atoms with E-state index in [1.54, 1.807) is 19.3 Å². The van der Waals surface area contributed by atoms with E-state index in [-0.39, 0.29) is 0 Å². The Balaban J connectivity index is 1.47. The van der Waals surface area contributed by atoms with Crippen molar-refractivity contribution in [2.75, 3.05) is 36.0 Å². The van der Waals surface area contributed by atoms with Crippen LogP contribution < -0.4 is 9.80 Å². The number of hydrogen-bond donors (Lipinski definition) is 1. The quantitative estimate of drug-likeness (QED) is 0.772. The van der Waals surface area contributed by atoms with Crippen LogP contribution in [0.5, 0.6) is 0 Å². The fourth-order valence-corrected chi connectivity index (χ4v) is 2.76.